The van der Waals surface area contributed by atoms with Gasteiger partial charge < -0.3 is 4.80 Å². The van der Waals surface area contributed by atoms with Crippen molar-refractivity contribution in [2.45, 2.75) is 90.5 Å². The molecule has 0 amide bonds. The van der Waals surface area contributed by atoms with Crippen LogP contribution in [0.5, 0.6) is 0 Å². The van der Waals surface area contributed by atoms with Crippen molar-refractivity contribution >= 4 is 15.5 Å². The van der Waals surface area contributed by atoms with E-state index in [1.165, 1.54) is 70.6 Å². The monoisotopic (exact) mass is 367 g/mol. The molecule has 0 bridgehead atoms. The molecule has 2 N–H and O–H groups in total. The van der Waals surface area contributed by atoms with Crippen LogP contribution in [0.4, 0.5) is 5.69 Å². The highest BCUT2D eigenvalue weighted by atomic mass is 28.2. The minimum absolute atomic E-state index is 0.583. The van der Waals surface area contributed by atoms with Gasteiger partial charge in [0.25, 0.3) is 0 Å². The summed E-state index contributed by atoms with van der Waals surface area (Å²) in [6, 6.07) is 10.1. The third kappa shape index (κ3) is 19.3. The summed E-state index contributed by atoms with van der Waals surface area (Å²) in [6.07, 6.45) is 16.6. The third-order valence-electron chi connectivity index (χ3n) is 4.06. The van der Waals surface area contributed by atoms with Crippen LogP contribution in [0, 0.1) is 0 Å². The zero-order chi connectivity index (χ0) is 18.4. The van der Waals surface area contributed by atoms with Crippen molar-refractivity contribution in [2.24, 2.45) is 0 Å². The maximum Gasteiger partial charge on any atom is 0.153 e. The molecule has 0 aliphatic rings. The predicted octanol–water partition coefficient (Wildman–Crippen LogP) is 5.84. The smallest absolute Gasteiger partial charge is 0.153 e. The molecule has 0 spiro atoms. The summed E-state index contributed by atoms with van der Waals surface area (Å²) in [7, 11) is -0.583. The molecule has 1 rings (SSSR count). The minimum atomic E-state index is -0.583. The number of unbranched alkanes of at least 4 members (excludes halogenated alkanes) is 11. The normalized spacial score (nSPS) is 10.7. The van der Waals surface area contributed by atoms with Gasteiger partial charge in [0.05, 0.1) is 12.3 Å². The van der Waals surface area contributed by atoms with E-state index in [0.29, 0.717) is 0 Å². The maximum atomic E-state index is 7.71. The molecule has 0 aromatic heterocycles. The SMILES string of the molecule is CCCCCCCCCCCCCCONc1ccccc1.C[SiH2]O. The number of anilines is 1. The number of hydrogen-bond acceptors (Lipinski definition) is 3. The van der Waals surface area contributed by atoms with Crippen molar-refractivity contribution in [3.8, 4) is 0 Å². The van der Waals surface area contributed by atoms with Crippen molar-refractivity contribution in [3.05, 3.63) is 30.3 Å². The van der Waals surface area contributed by atoms with E-state index in [1.54, 1.807) is 0 Å². The Balaban J connectivity index is 0.00000178. The van der Waals surface area contributed by atoms with Crippen LogP contribution in [0.2, 0.25) is 6.55 Å². The fourth-order valence-electron chi connectivity index (χ4n) is 2.66. The summed E-state index contributed by atoms with van der Waals surface area (Å²) < 4.78 is 0. The van der Waals surface area contributed by atoms with Gasteiger partial charge in [-0.1, -0.05) is 102 Å². The first-order valence-corrected chi connectivity index (χ1v) is 12.4. The Morgan fingerprint density at radius 3 is 1.72 bits per heavy atom. The number of nitrogens with one attached hydrogen (secondary N) is 1. The highest BCUT2D eigenvalue weighted by Gasteiger charge is 1.94. The van der Waals surface area contributed by atoms with Crippen LogP contribution in [0.1, 0.15) is 84.0 Å². The summed E-state index contributed by atoms with van der Waals surface area (Å²) in [5.41, 5.74) is 4.01. The fraction of sp³-hybridized carbons (Fsp3) is 0.714. The van der Waals surface area contributed by atoms with E-state index < -0.39 is 9.76 Å². The van der Waals surface area contributed by atoms with Gasteiger partial charge in [-0.15, -0.1) is 0 Å². The lowest BCUT2D eigenvalue weighted by molar-refractivity contribution is 0.187. The van der Waals surface area contributed by atoms with Crippen LogP contribution in [0.15, 0.2) is 30.3 Å². The van der Waals surface area contributed by atoms with Gasteiger partial charge in [-0.3, -0.25) is 10.3 Å². The Kier molecular flexibility index (Phi) is 20.5. The standard InChI is InChI=1S/C20H35NO.CH6OSi/c1-2-3-4-5-6-7-8-9-10-11-12-16-19-22-21-20-17-14-13-15-18-20;1-3-2/h13-15,17-18,21H,2-12,16,19H2,1H3;2H,3H2,1H3. The van der Waals surface area contributed by atoms with E-state index in [1.807, 2.05) is 36.9 Å². The van der Waals surface area contributed by atoms with E-state index >= 15 is 0 Å². The molecule has 0 aliphatic heterocycles. The Hall–Kier alpha value is -0.843. The fourth-order valence-corrected chi connectivity index (χ4v) is 2.66. The Labute approximate surface area is 158 Å². The largest absolute Gasteiger partial charge is 0.438 e. The summed E-state index contributed by atoms with van der Waals surface area (Å²) in [4.78, 5) is 13.2. The van der Waals surface area contributed by atoms with Gasteiger partial charge in [0, 0.05) is 0 Å². The van der Waals surface area contributed by atoms with Crippen molar-refractivity contribution in [1.29, 1.82) is 0 Å². The van der Waals surface area contributed by atoms with Gasteiger partial charge in [-0.05, 0) is 18.6 Å². The van der Waals surface area contributed by atoms with Gasteiger partial charge in [0.15, 0.2) is 9.76 Å². The second kappa shape index (κ2) is 21.2. The van der Waals surface area contributed by atoms with Crippen LogP contribution >= 0.6 is 0 Å². The first-order valence-electron chi connectivity index (χ1n) is 10.4. The second-order valence-corrected chi connectivity index (χ2v) is 7.15. The molecule has 1 aromatic rings. The molecule has 0 radical (unpaired) electrons. The highest BCUT2D eigenvalue weighted by Crippen LogP contribution is 2.12. The van der Waals surface area contributed by atoms with Crippen molar-refractivity contribution < 1.29 is 9.63 Å². The molecule has 1 aromatic carbocycles. The quantitative estimate of drug-likeness (QED) is 0.232. The number of benzene rings is 1. The first-order chi connectivity index (χ1) is 12.3. The maximum absolute atomic E-state index is 7.71. The minimum Gasteiger partial charge on any atom is -0.438 e. The van der Waals surface area contributed by atoms with Gasteiger partial charge in [0.1, 0.15) is 0 Å². The Morgan fingerprint density at radius 1 is 0.800 bits per heavy atom. The first kappa shape index (κ1) is 24.2. The molecule has 0 unspecified atom stereocenters. The second-order valence-electron chi connectivity index (χ2n) is 6.52. The van der Waals surface area contributed by atoms with Gasteiger partial charge in [-0.2, -0.15) is 0 Å². The lowest BCUT2D eigenvalue weighted by Crippen LogP contribution is -2.02. The molecule has 3 nitrogen and oxygen atoms in total. The summed E-state index contributed by atoms with van der Waals surface area (Å²) >= 11 is 0. The molecule has 4 heteroatoms. The Morgan fingerprint density at radius 2 is 1.24 bits per heavy atom. The van der Waals surface area contributed by atoms with Crippen molar-refractivity contribution in [3.63, 3.8) is 0 Å². The topological polar surface area (TPSA) is 41.5 Å². The van der Waals surface area contributed by atoms with E-state index in [-0.39, 0.29) is 0 Å². The van der Waals surface area contributed by atoms with Crippen LogP contribution < -0.4 is 5.48 Å². The molecule has 0 fully saturated rings. The zero-order valence-electron chi connectivity index (χ0n) is 16.6. The number of para-hydroxylation sites is 1. The van der Waals surface area contributed by atoms with Gasteiger partial charge in [-0.25, -0.2) is 0 Å². The van der Waals surface area contributed by atoms with E-state index in [2.05, 4.69) is 12.4 Å². The van der Waals surface area contributed by atoms with E-state index in [4.69, 9.17) is 9.63 Å². The number of rotatable bonds is 15. The molecule has 0 heterocycles. The molecular formula is C21H41NO2Si. The lowest BCUT2D eigenvalue weighted by Gasteiger charge is -2.06. The average molecular weight is 368 g/mol. The van der Waals surface area contributed by atoms with Crippen LogP contribution in [0.25, 0.3) is 0 Å². The molecule has 0 saturated heterocycles. The van der Waals surface area contributed by atoms with Gasteiger partial charge in [0.2, 0.25) is 0 Å². The lowest BCUT2D eigenvalue weighted by atomic mass is 10.1. The average Bonchev–Trinajstić information content (AvgIpc) is 2.63. The van der Waals surface area contributed by atoms with E-state index in [0.717, 1.165) is 18.7 Å². The van der Waals surface area contributed by atoms with Crippen LogP contribution in [0.3, 0.4) is 0 Å². The molecule has 146 valence electrons. The Bertz CT molecular complexity index is 349. The molecule has 25 heavy (non-hydrogen) atoms. The molecular weight excluding hydrogens is 326 g/mol. The summed E-state index contributed by atoms with van der Waals surface area (Å²) in [6.45, 7) is 4.90. The molecule has 0 saturated carbocycles. The predicted molar refractivity (Wildman–Crippen MR) is 114 cm³/mol. The van der Waals surface area contributed by atoms with Crippen LogP contribution in [-0.2, 0) is 4.84 Å². The number of hydrogen-bond donors (Lipinski definition) is 2. The van der Waals surface area contributed by atoms with Crippen LogP contribution in [-0.4, -0.2) is 21.2 Å². The van der Waals surface area contributed by atoms with Gasteiger partial charge >= 0.3 is 0 Å². The van der Waals surface area contributed by atoms with Crippen molar-refractivity contribution in [1.82, 2.24) is 0 Å². The molecule has 0 atom stereocenters. The summed E-state index contributed by atoms with van der Waals surface area (Å²) in [5, 5.41) is 0. The van der Waals surface area contributed by atoms with E-state index in [9.17, 15) is 0 Å². The molecule has 0 aliphatic carbocycles. The third-order valence-corrected chi connectivity index (χ3v) is 4.06. The van der Waals surface area contributed by atoms with Crippen molar-refractivity contribution in [2.75, 3.05) is 12.1 Å². The summed E-state index contributed by atoms with van der Waals surface area (Å²) in [5.74, 6) is 0. The highest BCUT2D eigenvalue weighted by molar-refractivity contribution is 6.22. The zero-order valence-corrected chi connectivity index (χ0v) is 18.1.